The Balaban J connectivity index is 2.89. The summed E-state index contributed by atoms with van der Waals surface area (Å²) >= 11 is 5.60. The molecular weight excluding hydrogens is 347 g/mol. The number of fused-ring (bicyclic) bond motifs is 1. The molecule has 0 unspecified atom stereocenters. The van der Waals surface area contributed by atoms with Crippen molar-refractivity contribution in [3.8, 4) is 0 Å². The van der Waals surface area contributed by atoms with Crippen LogP contribution >= 0.6 is 38.5 Å². The van der Waals surface area contributed by atoms with Gasteiger partial charge in [0.15, 0.2) is 0 Å². The second-order valence-corrected chi connectivity index (χ2v) is 4.56. The molecule has 0 saturated heterocycles. The van der Waals surface area contributed by atoms with Crippen molar-refractivity contribution in [2.45, 2.75) is 0 Å². The second kappa shape index (κ2) is 3.38. The number of nitrogens with zero attached hydrogens (tertiary/aromatic N) is 1. The van der Waals surface area contributed by atoms with Gasteiger partial charge < -0.3 is 4.98 Å². The third-order valence-corrected chi connectivity index (χ3v) is 3.94. The van der Waals surface area contributed by atoms with E-state index in [0.717, 1.165) is 18.9 Å². The minimum absolute atomic E-state index is 0.314. The average Bonchev–Trinajstić information content (AvgIpc) is 2.08. The van der Waals surface area contributed by atoms with Gasteiger partial charge in [-0.1, -0.05) is 0 Å². The van der Waals surface area contributed by atoms with Crippen molar-refractivity contribution in [1.29, 1.82) is 0 Å². The molecule has 0 bridgehead atoms. The molecule has 3 nitrogen and oxygen atoms in total. The maximum absolute atomic E-state index is 10.9. The van der Waals surface area contributed by atoms with E-state index in [-0.39, 0.29) is 5.69 Å². The van der Waals surface area contributed by atoms with Gasteiger partial charge in [0, 0.05) is 19.6 Å². The van der Waals surface area contributed by atoms with Gasteiger partial charge in [-0.15, -0.1) is 0 Å². The van der Waals surface area contributed by atoms with E-state index >= 15 is 0 Å². The summed E-state index contributed by atoms with van der Waals surface area (Å²) in [5, 5.41) is 0.923. The number of aromatic amines is 1. The number of halogens is 2. The molecule has 0 saturated carbocycles. The lowest BCUT2D eigenvalue weighted by atomic mass is 10.2. The first-order valence-electron chi connectivity index (χ1n) is 3.51. The predicted octanol–water partition coefficient (Wildman–Crippen LogP) is 2.29. The summed E-state index contributed by atoms with van der Waals surface area (Å²) in [4.78, 5) is 17.2. The zero-order valence-corrected chi connectivity index (χ0v) is 10.1. The molecule has 2 aromatic rings. The Kier molecular flexibility index (Phi) is 2.37. The van der Waals surface area contributed by atoms with Crippen molar-refractivity contribution in [3.05, 3.63) is 36.9 Å². The van der Waals surface area contributed by atoms with Crippen LogP contribution in [0.2, 0.25) is 0 Å². The van der Waals surface area contributed by atoms with Gasteiger partial charge in [-0.3, -0.25) is 0 Å². The van der Waals surface area contributed by atoms with E-state index in [1.807, 2.05) is 12.1 Å². The van der Waals surface area contributed by atoms with Gasteiger partial charge in [0.25, 0.3) is 0 Å². The summed E-state index contributed by atoms with van der Waals surface area (Å²) in [5.74, 6) is 0. The molecule has 2 rings (SSSR count). The Morgan fingerprint density at radius 2 is 2.23 bits per heavy atom. The summed E-state index contributed by atoms with van der Waals surface area (Å²) in [6.07, 6.45) is 1.56. The number of hydrogen-bond donors (Lipinski definition) is 1. The second-order valence-electron chi connectivity index (χ2n) is 2.54. The first-order valence-corrected chi connectivity index (χ1v) is 5.38. The van der Waals surface area contributed by atoms with Crippen LogP contribution in [0.3, 0.4) is 0 Å². The van der Waals surface area contributed by atoms with Gasteiger partial charge in [-0.25, -0.2) is 9.78 Å². The zero-order valence-electron chi connectivity index (χ0n) is 6.34. The zero-order chi connectivity index (χ0) is 9.42. The molecule has 0 amide bonds. The highest BCUT2D eigenvalue weighted by molar-refractivity contribution is 14.1. The molecule has 1 heterocycles. The number of rotatable bonds is 0. The minimum Gasteiger partial charge on any atom is -0.305 e. The topological polar surface area (TPSA) is 45.8 Å². The number of nitrogens with one attached hydrogen (secondary N) is 1. The molecule has 13 heavy (non-hydrogen) atoms. The van der Waals surface area contributed by atoms with E-state index in [4.69, 9.17) is 0 Å². The van der Waals surface area contributed by atoms with Crippen molar-refractivity contribution in [3.63, 3.8) is 0 Å². The van der Waals surface area contributed by atoms with Gasteiger partial charge in [0.05, 0.1) is 5.52 Å². The Bertz CT molecular complexity index is 523. The van der Waals surface area contributed by atoms with Gasteiger partial charge in [0.1, 0.15) is 0 Å². The SMILES string of the molecule is O=c1ncc2cc(Br)c(I)cc2[nH]1. The smallest absolute Gasteiger partial charge is 0.305 e. The molecular formula is C8H4BrIN2O. The fraction of sp³-hybridized carbons (Fsp3) is 0. The van der Waals surface area contributed by atoms with Crippen LogP contribution in [-0.2, 0) is 0 Å². The van der Waals surface area contributed by atoms with Crippen molar-refractivity contribution in [2.75, 3.05) is 0 Å². The van der Waals surface area contributed by atoms with E-state index in [0.29, 0.717) is 0 Å². The first kappa shape index (κ1) is 9.14. The van der Waals surface area contributed by atoms with E-state index < -0.39 is 0 Å². The average molecular weight is 351 g/mol. The van der Waals surface area contributed by atoms with Crippen LogP contribution in [0, 0.1) is 3.57 Å². The normalized spacial score (nSPS) is 10.6. The molecule has 0 spiro atoms. The highest BCUT2D eigenvalue weighted by Crippen LogP contribution is 2.23. The van der Waals surface area contributed by atoms with Gasteiger partial charge >= 0.3 is 5.69 Å². The number of aromatic nitrogens is 2. The quantitative estimate of drug-likeness (QED) is 0.741. The van der Waals surface area contributed by atoms with Crippen LogP contribution in [0.4, 0.5) is 0 Å². The van der Waals surface area contributed by atoms with Crippen LogP contribution in [0.1, 0.15) is 0 Å². The van der Waals surface area contributed by atoms with Crippen LogP contribution in [0.25, 0.3) is 10.9 Å². The predicted molar refractivity (Wildman–Crippen MR) is 62.8 cm³/mol. The maximum Gasteiger partial charge on any atom is 0.345 e. The molecule has 0 atom stereocenters. The molecule has 1 aromatic heterocycles. The highest BCUT2D eigenvalue weighted by Gasteiger charge is 2.00. The molecule has 1 aromatic carbocycles. The Labute approximate surface area is 95.8 Å². The molecule has 66 valence electrons. The Hall–Kier alpha value is -0.430. The van der Waals surface area contributed by atoms with Crippen LogP contribution in [-0.4, -0.2) is 9.97 Å². The van der Waals surface area contributed by atoms with Crippen molar-refractivity contribution >= 4 is 49.4 Å². The van der Waals surface area contributed by atoms with Crippen molar-refractivity contribution < 1.29 is 0 Å². The third-order valence-electron chi connectivity index (χ3n) is 1.65. The molecule has 5 heteroatoms. The van der Waals surface area contributed by atoms with Crippen molar-refractivity contribution in [1.82, 2.24) is 9.97 Å². The lowest BCUT2D eigenvalue weighted by Crippen LogP contribution is -2.08. The molecule has 1 N–H and O–H groups in total. The molecule has 0 aliphatic carbocycles. The van der Waals surface area contributed by atoms with E-state index in [2.05, 4.69) is 48.5 Å². The molecule has 0 aliphatic heterocycles. The lowest BCUT2D eigenvalue weighted by Gasteiger charge is -1.99. The van der Waals surface area contributed by atoms with E-state index in [9.17, 15) is 4.79 Å². The van der Waals surface area contributed by atoms with Gasteiger partial charge in [-0.05, 0) is 50.7 Å². The number of benzene rings is 1. The fourth-order valence-electron chi connectivity index (χ4n) is 1.05. The van der Waals surface area contributed by atoms with Gasteiger partial charge in [0.2, 0.25) is 0 Å². The number of hydrogen-bond acceptors (Lipinski definition) is 2. The largest absolute Gasteiger partial charge is 0.345 e. The fourth-order valence-corrected chi connectivity index (χ4v) is 1.88. The van der Waals surface area contributed by atoms with E-state index in [1.165, 1.54) is 0 Å². The van der Waals surface area contributed by atoms with Crippen LogP contribution in [0.5, 0.6) is 0 Å². The summed E-state index contributed by atoms with van der Waals surface area (Å²) in [6, 6.07) is 3.84. The maximum atomic E-state index is 10.9. The number of H-pyrrole nitrogens is 1. The Morgan fingerprint density at radius 1 is 1.46 bits per heavy atom. The monoisotopic (exact) mass is 350 g/mol. The standard InChI is InChI=1S/C8H4BrIN2O/c9-5-1-4-3-11-8(13)12-7(4)2-6(5)10/h1-3H,(H,11,12,13). The first-order chi connectivity index (χ1) is 6.16. The molecule has 0 fully saturated rings. The lowest BCUT2D eigenvalue weighted by molar-refractivity contribution is 1.12. The minimum atomic E-state index is -0.314. The molecule has 0 radical (unpaired) electrons. The Morgan fingerprint density at radius 3 is 3.00 bits per heavy atom. The van der Waals surface area contributed by atoms with E-state index in [1.54, 1.807) is 6.20 Å². The molecule has 0 aliphatic rings. The van der Waals surface area contributed by atoms with Crippen LogP contribution in [0.15, 0.2) is 27.6 Å². The third kappa shape index (κ3) is 1.76. The van der Waals surface area contributed by atoms with Crippen LogP contribution < -0.4 is 5.69 Å². The highest BCUT2D eigenvalue weighted by atomic mass is 127. The summed E-state index contributed by atoms with van der Waals surface area (Å²) in [7, 11) is 0. The summed E-state index contributed by atoms with van der Waals surface area (Å²) in [6.45, 7) is 0. The van der Waals surface area contributed by atoms with Gasteiger partial charge in [-0.2, -0.15) is 0 Å². The van der Waals surface area contributed by atoms with Crippen molar-refractivity contribution in [2.24, 2.45) is 0 Å². The summed E-state index contributed by atoms with van der Waals surface area (Å²) < 4.78 is 2.07. The summed E-state index contributed by atoms with van der Waals surface area (Å²) in [5.41, 5.74) is 0.498.